The van der Waals surface area contributed by atoms with Crippen LogP contribution in [0.1, 0.15) is 38.5 Å². The van der Waals surface area contributed by atoms with Gasteiger partial charge in [-0.3, -0.25) is 10.2 Å². The van der Waals surface area contributed by atoms with Crippen molar-refractivity contribution in [2.45, 2.75) is 44.7 Å². The van der Waals surface area contributed by atoms with Gasteiger partial charge in [-0.15, -0.1) is 0 Å². The molecule has 1 aliphatic rings. The summed E-state index contributed by atoms with van der Waals surface area (Å²) in [6.07, 6.45) is -0.0962. The van der Waals surface area contributed by atoms with Gasteiger partial charge >= 0.3 is 6.18 Å². The molecule has 3 N–H and O–H groups in total. The van der Waals surface area contributed by atoms with E-state index in [1.165, 1.54) is 0 Å². The van der Waals surface area contributed by atoms with Gasteiger partial charge in [-0.2, -0.15) is 13.2 Å². The van der Waals surface area contributed by atoms with Crippen molar-refractivity contribution in [1.82, 2.24) is 10.3 Å². The molecule has 1 amide bonds. The van der Waals surface area contributed by atoms with Crippen molar-refractivity contribution in [1.29, 1.82) is 5.41 Å². The molecule has 136 valence electrons. The van der Waals surface area contributed by atoms with E-state index in [4.69, 9.17) is 5.41 Å². The number of alkyl halides is 3. The average Bonchev–Trinajstić information content (AvgIpc) is 2.58. The number of nitrogens with zero attached hydrogens (tertiary/aromatic N) is 1. The lowest BCUT2D eigenvalue weighted by Crippen LogP contribution is -2.30. The summed E-state index contributed by atoms with van der Waals surface area (Å²) in [5, 5.41) is 13.0. The molecule has 0 fully saturated rings. The Morgan fingerprint density at radius 3 is 2.68 bits per heavy atom. The third-order valence-corrected chi connectivity index (χ3v) is 3.90. The van der Waals surface area contributed by atoms with E-state index >= 15 is 0 Å². The first kappa shape index (κ1) is 19.0. The molecule has 0 aliphatic heterocycles. The van der Waals surface area contributed by atoms with E-state index in [0.717, 1.165) is 6.42 Å². The Labute approximate surface area is 144 Å². The zero-order chi connectivity index (χ0) is 18.3. The Hall–Kier alpha value is -2.38. The number of carbonyl (C=O) groups excluding carboxylic acids is 1. The van der Waals surface area contributed by atoms with Gasteiger partial charge in [-0.1, -0.05) is 6.07 Å². The molecule has 1 heterocycles. The second-order valence-electron chi connectivity index (χ2n) is 5.83. The topological polar surface area (TPSA) is 77.9 Å². The van der Waals surface area contributed by atoms with Crippen LogP contribution in [0.5, 0.6) is 0 Å². The first-order valence-corrected chi connectivity index (χ1v) is 8.21. The number of aromatic nitrogens is 1. The quantitative estimate of drug-likeness (QED) is 0.515. The normalized spacial score (nSPS) is 15.0. The standard InChI is InChI=1S/C17H21F3N4O/c18-17(19,20)16(21)12-6-1-2-7-13(12)22-11-5-9-15(25)24-14-8-3-4-10-23-14/h3-4,8,10,21-22H,1-2,5-7,9,11H2,(H,23,24,25). The molecular formula is C17H21F3N4O. The minimum Gasteiger partial charge on any atom is -0.388 e. The molecule has 1 aliphatic carbocycles. The predicted molar refractivity (Wildman–Crippen MR) is 89.4 cm³/mol. The number of rotatable bonds is 7. The number of amides is 1. The molecule has 0 spiro atoms. The van der Waals surface area contributed by atoms with Crippen LogP contribution in [0, 0.1) is 5.41 Å². The molecular weight excluding hydrogens is 333 g/mol. The van der Waals surface area contributed by atoms with Crippen molar-refractivity contribution < 1.29 is 18.0 Å². The first-order chi connectivity index (χ1) is 11.9. The van der Waals surface area contributed by atoms with Gasteiger partial charge in [-0.05, 0) is 44.2 Å². The van der Waals surface area contributed by atoms with Crippen LogP contribution in [0.25, 0.3) is 0 Å². The summed E-state index contributed by atoms with van der Waals surface area (Å²) in [7, 11) is 0. The van der Waals surface area contributed by atoms with E-state index in [2.05, 4.69) is 15.6 Å². The molecule has 0 atom stereocenters. The molecule has 0 radical (unpaired) electrons. The van der Waals surface area contributed by atoms with E-state index in [-0.39, 0.29) is 24.3 Å². The van der Waals surface area contributed by atoms with Crippen LogP contribution in [-0.2, 0) is 4.79 Å². The number of nitrogens with one attached hydrogen (secondary N) is 3. The first-order valence-electron chi connectivity index (χ1n) is 8.21. The molecule has 0 unspecified atom stereocenters. The van der Waals surface area contributed by atoms with Crippen molar-refractivity contribution in [2.24, 2.45) is 0 Å². The molecule has 0 saturated heterocycles. The predicted octanol–water partition coefficient (Wildman–Crippen LogP) is 3.80. The van der Waals surface area contributed by atoms with Crippen molar-refractivity contribution in [3.8, 4) is 0 Å². The zero-order valence-corrected chi connectivity index (χ0v) is 13.7. The van der Waals surface area contributed by atoms with Gasteiger partial charge in [0.2, 0.25) is 5.91 Å². The Kier molecular flexibility index (Phi) is 6.55. The Balaban J connectivity index is 1.82. The molecule has 1 aromatic rings. The summed E-state index contributed by atoms with van der Waals surface area (Å²) in [6, 6.07) is 5.18. The molecule has 8 heteroatoms. The van der Waals surface area contributed by atoms with Gasteiger partial charge in [-0.25, -0.2) is 4.98 Å². The van der Waals surface area contributed by atoms with Crippen molar-refractivity contribution in [3.05, 3.63) is 35.7 Å². The molecule has 0 saturated carbocycles. The van der Waals surface area contributed by atoms with Crippen molar-refractivity contribution in [3.63, 3.8) is 0 Å². The average molecular weight is 354 g/mol. The summed E-state index contributed by atoms with van der Waals surface area (Å²) >= 11 is 0. The zero-order valence-electron chi connectivity index (χ0n) is 13.7. The molecule has 5 nitrogen and oxygen atoms in total. The van der Waals surface area contributed by atoms with E-state index in [0.29, 0.717) is 37.3 Å². The number of carbonyl (C=O) groups is 1. The maximum absolute atomic E-state index is 12.8. The maximum Gasteiger partial charge on any atom is 0.432 e. The smallest absolute Gasteiger partial charge is 0.388 e. The number of hydrogen-bond acceptors (Lipinski definition) is 4. The number of hydrogen-bond donors (Lipinski definition) is 3. The summed E-state index contributed by atoms with van der Waals surface area (Å²) in [4.78, 5) is 15.8. The van der Waals surface area contributed by atoms with Crippen LogP contribution >= 0.6 is 0 Å². The Morgan fingerprint density at radius 1 is 1.24 bits per heavy atom. The third-order valence-electron chi connectivity index (χ3n) is 3.90. The minimum absolute atomic E-state index is 0.0525. The van der Waals surface area contributed by atoms with E-state index in [9.17, 15) is 18.0 Å². The number of pyridine rings is 1. The lowest BCUT2D eigenvalue weighted by Gasteiger charge is -2.23. The third kappa shape index (κ3) is 5.88. The Bertz CT molecular complexity index is 641. The molecule has 25 heavy (non-hydrogen) atoms. The largest absolute Gasteiger partial charge is 0.432 e. The van der Waals surface area contributed by atoms with Gasteiger partial charge in [0.15, 0.2) is 0 Å². The van der Waals surface area contributed by atoms with E-state index in [1.807, 2.05) is 0 Å². The summed E-state index contributed by atoms with van der Waals surface area (Å²) in [6.45, 7) is 0.389. The number of anilines is 1. The highest BCUT2D eigenvalue weighted by Crippen LogP contribution is 2.30. The van der Waals surface area contributed by atoms with Crippen LogP contribution in [0.15, 0.2) is 35.7 Å². The van der Waals surface area contributed by atoms with Gasteiger partial charge < -0.3 is 10.6 Å². The summed E-state index contributed by atoms with van der Waals surface area (Å²) in [5.74, 6) is 0.276. The fourth-order valence-corrected chi connectivity index (χ4v) is 2.68. The highest BCUT2D eigenvalue weighted by atomic mass is 19.4. The van der Waals surface area contributed by atoms with Crippen LogP contribution in [-0.4, -0.2) is 29.3 Å². The van der Waals surface area contributed by atoms with Gasteiger partial charge in [0.25, 0.3) is 0 Å². The fraction of sp³-hybridized carbons (Fsp3) is 0.471. The van der Waals surface area contributed by atoms with Gasteiger partial charge in [0, 0.05) is 30.4 Å². The second-order valence-corrected chi connectivity index (χ2v) is 5.83. The van der Waals surface area contributed by atoms with E-state index in [1.54, 1.807) is 24.4 Å². The molecule has 0 bridgehead atoms. The molecule has 1 aromatic heterocycles. The van der Waals surface area contributed by atoms with Gasteiger partial charge in [0.05, 0.1) is 0 Å². The Morgan fingerprint density at radius 2 is 2.00 bits per heavy atom. The van der Waals surface area contributed by atoms with Crippen LogP contribution in [0.4, 0.5) is 19.0 Å². The highest BCUT2D eigenvalue weighted by Gasteiger charge is 2.38. The number of halogens is 3. The number of allylic oxidation sites excluding steroid dienone is 2. The maximum atomic E-state index is 12.8. The summed E-state index contributed by atoms with van der Waals surface area (Å²) in [5.41, 5.74) is -0.724. The van der Waals surface area contributed by atoms with Crippen LogP contribution < -0.4 is 10.6 Å². The SMILES string of the molecule is N=C(C1=C(NCCCC(=O)Nc2ccccn2)CCCC1)C(F)(F)F. The second kappa shape index (κ2) is 8.64. The lowest BCUT2D eigenvalue weighted by atomic mass is 9.92. The summed E-state index contributed by atoms with van der Waals surface area (Å²) < 4.78 is 38.3. The highest BCUT2D eigenvalue weighted by molar-refractivity contribution is 6.02. The van der Waals surface area contributed by atoms with Gasteiger partial charge in [0.1, 0.15) is 11.5 Å². The van der Waals surface area contributed by atoms with Crippen molar-refractivity contribution >= 4 is 17.4 Å². The van der Waals surface area contributed by atoms with E-state index < -0.39 is 11.9 Å². The lowest BCUT2D eigenvalue weighted by molar-refractivity contribution is -0.116. The monoisotopic (exact) mass is 354 g/mol. The van der Waals surface area contributed by atoms with Crippen LogP contribution in [0.2, 0.25) is 0 Å². The fourth-order valence-electron chi connectivity index (χ4n) is 2.68. The molecule has 0 aromatic carbocycles. The molecule has 2 rings (SSSR count). The van der Waals surface area contributed by atoms with Crippen LogP contribution in [0.3, 0.4) is 0 Å². The minimum atomic E-state index is -4.62. The van der Waals surface area contributed by atoms with Crippen molar-refractivity contribution in [2.75, 3.05) is 11.9 Å².